The zero-order chi connectivity index (χ0) is 19.7. The van der Waals surface area contributed by atoms with Crippen molar-refractivity contribution in [3.63, 3.8) is 0 Å². The molecule has 0 radical (unpaired) electrons. The molecule has 3 N–H and O–H groups in total. The number of hydrogen-bond acceptors (Lipinski definition) is 6. The van der Waals surface area contributed by atoms with Crippen LogP contribution in [-0.4, -0.2) is 62.6 Å². The molecule has 1 aromatic carbocycles. The van der Waals surface area contributed by atoms with Crippen LogP contribution in [0, 0.1) is 0 Å². The van der Waals surface area contributed by atoms with Gasteiger partial charge in [-0.05, 0) is 5.56 Å². The van der Waals surface area contributed by atoms with Crippen molar-refractivity contribution >= 4 is 18.0 Å². The first-order chi connectivity index (χ1) is 13.1. The summed E-state index contributed by atoms with van der Waals surface area (Å²) in [6.45, 7) is 1.79. The van der Waals surface area contributed by atoms with Crippen molar-refractivity contribution in [3.8, 4) is 0 Å². The second-order valence-electron chi connectivity index (χ2n) is 5.46. The third kappa shape index (κ3) is 13.2. The van der Waals surface area contributed by atoms with Crippen LogP contribution in [0.2, 0.25) is 0 Å². The predicted molar refractivity (Wildman–Crippen MR) is 96.1 cm³/mol. The number of carboxylic acids is 1. The standard InChI is InChI=1S/C18H26N2O7/c21-16(19-9-11-26-13-12-25-10-7-17(22)23)6-8-20-18(24)27-14-15-4-2-1-3-5-15/h1-5H,6-14H2,(H,19,21)(H,20,24)(H,22,23). The number of carbonyl (C=O) groups is 3. The van der Waals surface area contributed by atoms with Crippen LogP contribution in [0.3, 0.4) is 0 Å². The Labute approximate surface area is 158 Å². The van der Waals surface area contributed by atoms with Gasteiger partial charge in [0.2, 0.25) is 5.91 Å². The van der Waals surface area contributed by atoms with E-state index in [2.05, 4.69) is 10.6 Å². The summed E-state index contributed by atoms with van der Waals surface area (Å²) in [5, 5.41) is 13.6. The highest BCUT2D eigenvalue weighted by Crippen LogP contribution is 2.00. The van der Waals surface area contributed by atoms with E-state index in [-0.39, 0.29) is 38.5 Å². The molecule has 2 amide bonds. The molecule has 0 spiro atoms. The van der Waals surface area contributed by atoms with E-state index in [0.29, 0.717) is 26.4 Å². The van der Waals surface area contributed by atoms with E-state index in [1.165, 1.54) is 0 Å². The van der Waals surface area contributed by atoms with Crippen molar-refractivity contribution in [3.05, 3.63) is 35.9 Å². The van der Waals surface area contributed by atoms with Gasteiger partial charge in [-0.1, -0.05) is 30.3 Å². The maximum atomic E-state index is 11.6. The smallest absolute Gasteiger partial charge is 0.407 e. The molecule has 1 rings (SSSR count). The molecule has 0 saturated carbocycles. The second-order valence-corrected chi connectivity index (χ2v) is 5.46. The largest absolute Gasteiger partial charge is 0.481 e. The Morgan fingerprint density at radius 2 is 1.56 bits per heavy atom. The van der Waals surface area contributed by atoms with Crippen molar-refractivity contribution in [2.75, 3.05) is 39.5 Å². The quantitative estimate of drug-likeness (QED) is 0.409. The summed E-state index contributed by atoms with van der Waals surface area (Å²) < 4.78 is 15.3. The molecule has 9 nitrogen and oxygen atoms in total. The SMILES string of the molecule is O=C(O)CCOCCOCCNC(=O)CCNC(=O)OCc1ccccc1. The molecule has 0 atom stereocenters. The Balaban J connectivity index is 1.90. The summed E-state index contributed by atoms with van der Waals surface area (Å²) in [6, 6.07) is 9.30. The van der Waals surface area contributed by atoms with Crippen LogP contribution in [0.4, 0.5) is 4.79 Å². The topological polar surface area (TPSA) is 123 Å². The number of aliphatic carboxylic acids is 1. The summed E-state index contributed by atoms with van der Waals surface area (Å²) in [6.07, 6.45) is -0.472. The highest BCUT2D eigenvalue weighted by molar-refractivity contribution is 5.76. The first-order valence-corrected chi connectivity index (χ1v) is 8.66. The molecule has 0 saturated heterocycles. The number of benzene rings is 1. The van der Waals surface area contributed by atoms with Gasteiger partial charge in [0, 0.05) is 19.5 Å². The molecule has 1 aromatic rings. The van der Waals surface area contributed by atoms with Gasteiger partial charge in [0.05, 0.1) is 32.8 Å². The number of hydrogen-bond donors (Lipinski definition) is 3. The molecule has 0 heterocycles. The Bertz CT molecular complexity index is 566. The Morgan fingerprint density at radius 3 is 2.26 bits per heavy atom. The van der Waals surface area contributed by atoms with E-state index >= 15 is 0 Å². The van der Waals surface area contributed by atoms with Gasteiger partial charge in [0.1, 0.15) is 6.61 Å². The summed E-state index contributed by atoms with van der Waals surface area (Å²) in [5.74, 6) is -1.11. The lowest BCUT2D eigenvalue weighted by atomic mass is 10.2. The van der Waals surface area contributed by atoms with E-state index in [1.54, 1.807) is 0 Å². The third-order valence-electron chi connectivity index (χ3n) is 3.23. The zero-order valence-corrected chi connectivity index (χ0v) is 15.1. The van der Waals surface area contributed by atoms with E-state index in [0.717, 1.165) is 5.56 Å². The highest BCUT2D eigenvalue weighted by atomic mass is 16.5. The van der Waals surface area contributed by atoms with Gasteiger partial charge in [-0.25, -0.2) is 4.79 Å². The van der Waals surface area contributed by atoms with Crippen LogP contribution < -0.4 is 10.6 Å². The fourth-order valence-electron chi connectivity index (χ4n) is 1.88. The molecule has 27 heavy (non-hydrogen) atoms. The molecule has 0 aromatic heterocycles. The monoisotopic (exact) mass is 382 g/mol. The number of amides is 2. The molecule has 0 aliphatic carbocycles. The average Bonchev–Trinajstić information content (AvgIpc) is 2.65. The average molecular weight is 382 g/mol. The van der Waals surface area contributed by atoms with Gasteiger partial charge in [0.25, 0.3) is 0 Å². The number of alkyl carbamates (subject to hydrolysis) is 1. The van der Waals surface area contributed by atoms with Crippen LogP contribution in [0.5, 0.6) is 0 Å². The van der Waals surface area contributed by atoms with E-state index < -0.39 is 12.1 Å². The number of ether oxygens (including phenoxy) is 3. The summed E-state index contributed by atoms with van der Waals surface area (Å²) in [4.78, 5) is 33.4. The fraction of sp³-hybridized carbons (Fsp3) is 0.500. The number of carboxylic acid groups (broad SMARTS) is 1. The van der Waals surface area contributed by atoms with Crippen LogP contribution in [-0.2, 0) is 30.4 Å². The highest BCUT2D eigenvalue weighted by Gasteiger charge is 2.05. The lowest BCUT2D eigenvalue weighted by Gasteiger charge is -2.08. The molecule has 9 heteroatoms. The van der Waals surface area contributed by atoms with Crippen molar-refractivity contribution in [1.82, 2.24) is 10.6 Å². The van der Waals surface area contributed by atoms with Crippen LogP contribution in [0.15, 0.2) is 30.3 Å². The van der Waals surface area contributed by atoms with Crippen molar-refractivity contribution in [2.24, 2.45) is 0 Å². The molecule has 0 unspecified atom stereocenters. The first-order valence-electron chi connectivity index (χ1n) is 8.66. The molecule has 0 aliphatic heterocycles. The molecular weight excluding hydrogens is 356 g/mol. The summed E-state index contributed by atoms with van der Waals surface area (Å²) in [5.41, 5.74) is 0.887. The number of rotatable bonds is 14. The van der Waals surface area contributed by atoms with E-state index in [9.17, 15) is 14.4 Å². The maximum absolute atomic E-state index is 11.6. The van der Waals surface area contributed by atoms with Gasteiger partial charge >= 0.3 is 12.1 Å². The van der Waals surface area contributed by atoms with Crippen molar-refractivity contribution in [2.45, 2.75) is 19.4 Å². The van der Waals surface area contributed by atoms with Gasteiger partial charge in [-0.15, -0.1) is 0 Å². The molecule has 0 bridgehead atoms. The molecule has 150 valence electrons. The van der Waals surface area contributed by atoms with Crippen LogP contribution in [0.25, 0.3) is 0 Å². The summed E-state index contributed by atoms with van der Waals surface area (Å²) in [7, 11) is 0. The van der Waals surface area contributed by atoms with Gasteiger partial charge < -0.3 is 30.0 Å². The predicted octanol–water partition coefficient (Wildman–Crippen LogP) is 0.927. The molecule has 0 aliphatic rings. The van der Waals surface area contributed by atoms with E-state index in [4.69, 9.17) is 19.3 Å². The van der Waals surface area contributed by atoms with Crippen LogP contribution >= 0.6 is 0 Å². The number of carbonyl (C=O) groups excluding carboxylic acids is 2. The molecular formula is C18H26N2O7. The normalized spacial score (nSPS) is 10.2. The van der Waals surface area contributed by atoms with Crippen molar-refractivity contribution in [1.29, 1.82) is 0 Å². The van der Waals surface area contributed by atoms with Gasteiger partial charge in [-0.3, -0.25) is 9.59 Å². The fourth-order valence-corrected chi connectivity index (χ4v) is 1.88. The van der Waals surface area contributed by atoms with Gasteiger partial charge in [-0.2, -0.15) is 0 Å². The summed E-state index contributed by atoms with van der Waals surface area (Å²) >= 11 is 0. The lowest BCUT2D eigenvalue weighted by molar-refractivity contribution is -0.138. The van der Waals surface area contributed by atoms with Crippen molar-refractivity contribution < 1.29 is 33.7 Å². The molecule has 0 fully saturated rings. The first kappa shape index (κ1) is 22.4. The minimum absolute atomic E-state index is 0.0378. The third-order valence-corrected chi connectivity index (χ3v) is 3.23. The lowest BCUT2D eigenvalue weighted by Crippen LogP contribution is -2.32. The van der Waals surface area contributed by atoms with Crippen LogP contribution in [0.1, 0.15) is 18.4 Å². The Hall–Kier alpha value is -2.65. The second kappa shape index (κ2) is 14.5. The number of nitrogens with one attached hydrogen (secondary N) is 2. The zero-order valence-electron chi connectivity index (χ0n) is 15.1. The van der Waals surface area contributed by atoms with E-state index in [1.807, 2.05) is 30.3 Å². The Morgan fingerprint density at radius 1 is 0.852 bits per heavy atom. The minimum atomic E-state index is -0.905. The minimum Gasteiger partial charge on any atom is -0.481 e. The van der Waals surface area contributed by atoms with Gasteiger partial charge in [0.15, 0.2) is 0 Å². The Kier molecular flexibility index (Phi) is 12.0. The maximum Gasteiger partial charge on any atom is 0.407 e.